The van der Waals surface area contributed by atoms with Gasteiger partial charge in [-0.2, -0.15) is 0 Å². The molecule has 242 valence electrons. The molecular weight excluding hydrogens is 631 g/mol. The van der Waals surface area contributed by atoms with Crippen LogP contribution in [0.2, 0.25) is 0 Å². The summed E-state index contributed by atoms with van der Waals surface area (Å²) in [7, 11) is 0. The first-order valence-electron chi connectivity index (χ1n) is 17.8. The van der Waals surface area contributed by atoms with Gasteiger partial charge in [0.2, 0.25) is 0 Å². The molecule has 3 heteroatoms. The largest absolute Gasteiger partial charge is 0.310 e. The molecule has 2 aliphatic rings. The predicted molar refractivity (Wildman–Crippen MR) is 213 cm³/mol. The summed E-state index contributed by atoms with van der Waals surface area (Å²) in [6.45, 7) is 0. The van der Waals surface area contributed by atoms with E-state index < -0.39 is 5.41 Å². The molecule has 0 bridgehead atoms. The van der Waals surface area contributed by atoms with Gasteiger partial charge < -0.3 is 4.90 Å². The van der Waals surface area contributed by atoms with E-state index in [2.05, 4.69) is 187 Å². The van der Waals surface area contributed by atoms with Crippen LogP contribution in [0.15, 0.2) is 188 Å². The molecule has 0 radical (unpaired) electrons. The summed E-state index contributed by atoms with van der Waals surface area (Å²) in [5, 5.41) is 3.51. The fourth-order valence-electron chi connectivity index (χ4n) is 8.86. The number of hydrogen-bond acceptors (Lipinski definition) is 3. The fourth-order valence-corrected chi connectivity index (χ4v) is 8.86. The minimum Gasteiger partial charge on any atom is -0.310 e. The Morgan fingerprint density at radius 3 is 1.75 bits per heavy atom. The van der Waals surface area contributed by atoms with E-state index in [-0.39, 0.29) is 0 Å². The van der Waals surface area contributed by atoms with Gasteiger partial charge in [0.1, 0.15) is 0 Å². The van der Waals surface area contributed by atoms with Crippen LogP contribution in [0.3, 0.4) is 0 Å². The van der Waals surface area contributed by atoms with E-state index >= 15 is 0 Å². The lowest BCUT2D eigenvalue weighted by molar-refractivity contribution is 0.753. The number of benzene rings is 8. The second-order valence-corrected chi connectivity index (χ2v) is 13.7. The Labute approximate surface area is 302 Å². The molecule has 1 aliphatic heterocycles. The first-order chi connectivity index (χ1) is 25.8. The van der Waals surface area contributed by atoms with Gasteiger partial charge in [0.05, 0.1) is 28.0 Å². The molecule has 8 aromatic carbocycles. The van der Waals surface area contributed by atoms with Crippen molar-refractivity contribution in [3.05, 3.63) is 210 Å². The van der Waals surface area contributed by atoms with Crippen molar-refractivity contribution in [3.8, 4) is 33.8 Å². The Bertz CT molecular complexity index is 2810. The van der Waals surface area contributed by atoms with Crippen molar-refractivity contribution in [2.45, 2.75) is 5.41 Å². The van der Waals surface area contributed by atoms with Gasteiger partial charge in [-0.3, -0.25) is 0 Å². The lowest BCUT2D eigenvalue weighted by Gasteiger charge is -2.45. The molecule has 9 aromatic rings. The van der Waals surface area contributed by atoms with E-state index in [1.54, 1.807) is 0 Å². The Balaban J connectivity index is 1.22. The van der Waals surface area contributed by atoms with Gasteiger partial charge in [0.15, 0.2) is 5.82 Å². The number of fused-ring (bicyclic) bond motifs is 11. The zero-order valence-corrected chi connectivity index (χ0v) is 28.2. The van der Waals surface area contributed by atoms with E-state index in [1.165, 1.54) is 55.5 Å². The normalized spacial score (nSPS) is 13.5. The van der Waals surface area contributed by atoms with Crippen molar-refractivity contribution < 1.29 is 0 Å². The van der Waals surface area contributed by atoms with Gasteiger partial charge >= 0.3 is 0 Å². The molecule has 1 spiro atoms. The topological polar surface area (TPSA) is 29.0 Å². The van der Waals surface area contributed by atoms with Crippen molar-refractivity contribution in [1.82, 2.24) is 9.97 Å². The van der Waals surface area contributed by atoms with Crippen LogP contribution >= 0.6 is 0 Å². The molecule has 3 nitrogen and oxygen atoms in total. The Morgan fingerprint density at radius 1 is 0.404 bits per heavy atom. The summed E-state index contributed by atoms with van der Waals surface area (Å²) >= 11 is 0. The van der Waals surface area contributed by atoms with Crippen LogP contribution in [0.5, 0.6) is 0 Å². The molecule has 0 fully saturated rings. The first kappa shape index (κ1) is 28.9. The minimum atomic E-state index is -0.537. The van der Waals surface area contributed by atoms with Crippen LogP contribution in [0.1, 0.15) is 22.3 Å². The molecule has 0 saturated carbocycles. The van der Waals surface area contributed by atoms with Crippen molar-refractivity contribution >= 4 is 38.7 Å². The molecule has 0 amide bonds. The molecule has 1 aromatic heterocycles. The number of anilines is 3. The zero-order chi connectivity index (χ0) is 34.2. The molecule has 52 heavy (non-hydrogen) atoms. The molecular formula is C49H31N3. The van der Waals surface area contributed by atoms with Gasteiger partial charge in [-0.15, -0.1) is 0 Å². The number of para-hydroxylation sites is 4. The average molecular weight is 662 g/mol. The number of aromatic nitrogens is 2. The summed E-state index contributed by atoms with van der Waals surface area (Å²) in [6, 6.07) is 67.9. The molecule has 0 unspecified atom stereocenters. The first-order valence-corrected chi connectivity index (χ1v) is 17.8. The van der Waals surface area contributed by atoms with Crippen LogP contribution in [-0.4, -0.2) is 9.97 Å². The number of hydrogen-bond donors (Lipinski definition) is 0. The number of nitrogens with zero attached hydrogens (tertiary/aromatic N) is 3. The van der Waals surface area contributed by atoms with Crippen LogP contribution in [0, 0.1) is 0 Å². The zero-order valence-electron chi connectivity index (χ0n) is 28.2. The Morgan fingerprint density at radius 2 is 1.00 bits per heavy atom. The lowest BCUT2D eigenvalue weighted by atomic mass is 9.64. The van der Waals surface area contributed by atoms with E-state index in [4.69, 9.17) is 9.97 Å². The second kappa shape index (κ2) is 11.1. The maximum Gasteiger partial charge on any atom is 0.160 e. The molecule has 0 saturated heterocycles. The third kappa shape index (κ3) is 4.02. The summed E-state index contributed by atoms with van der Waals surface area (Å²) in [6.07, 6.45) is 0. The fraction of sp³-hybridized carbons (Fsp3) is 0.0204. The van der Waals surface area contributed by atoms with Gasteiger partial charge in [-0.1, -0.05) is 140 Å². The van der Waals surface area contributed by atoms with E-state index in [0.717, 1.165) is 39.2 Å². The third-order valence-electron chi connectivity index (χ3n) is 11.0. The van der Waals surface area contributed by atoms with Gasteiger partial charge in [0.25, 0.3) is 0 Å². The number of rotatable bonds is 3. The molecule has 1 aliphatic carbocycles. The monoisotopic (exact) mass is 661 g/mol. The average Bonchev–Trinajstić information content (AvgIpc) is 3.49. The summed E-state index contributed by atoms with van der Waals surface area (Å²) in [4.78, 5) is 12.9. The highest BCUT2D eigenvalue weighted by Crippen LogP contribution is 2.64. The highest BCUT2D eigenvalue weighted by Gasteiger charge is 2.51. The van der Waals surface area contributed by atoms with Gasteiger partial charge in [0, 0.05) is 22.2 Å². The predicted octanol–water partition coefficient (Wildman–Crippen LogP) is 12.3. The smallest absolute Gasteiger partial charge is 0.160 e. The Kier molecular flexibility index (Phi) is 6.17. The van der Waals surface area contributed by atoms with Gasteiger partial charge in [-0.25, -0.2) is 9.97 Å². The minimum absolute atomic E-state index is 0.537. The molecule has 11 rings (SSSR count). The third-order valence-corrected chi connectivity index (χ3v) is 11.0. The quantitative estimate of drug-likeness (QED) is 0.189. The maximum atomic E-state index is 5.27. The standard InChI is InChI=1S/C49H31N3/c1-3-15-32(16-4-1)47-37-21-9-12-24-44(37)50-48(51-47)35-27-28-40-38(30-35)39-29-33-17-7-8-18-34(33)31-43(39)49(40)41-22-10-13-25-45(41)52(36-19-5-2-6-20-36)46-26-14-11-23-42(46)49/h1-31H. The second-order valence-electron chi connectivity index (χ2n) is 13.7. The SMILES string of the molecule is c1ccc(-c2nc(-c3ccc4c(c3)-c3cc5ccccc5cc3C43c4ccccc4N(c4ccccc4)c4ccccc43)nc3ccccc23)cc1. The lowest BCUT2D eigenvalue weighted by Crippen LogP contribution is -2.36. The van der Waals surface area contributed by atoms with Crippen molar-refractivity contribution in [2.75, 3.05) is 4.90 Å². The van der Waals surface area contributed by atoms with Crippen LogP contribution in [0.25, 0.3) is 55.4 Å². The molecule has 0 N–H and O–H groups in total. The highest BCUT2D eigenvalue weighted by atomic mass is 15.2. The highest BCUT2D eigenvalue weighted by molar-refractivity contribution is 6.01. The van der Waals surface area contributed by atoms with Crippen LogP contribution in [-0.2, 0) is 5.41 Å². The van der Waals surface area contributed by atoms with E-state index in [9.17, 15) is 0 Å². The van der Waals surface area contributed by atoms with E-state index in [0.29, 0.717) is 0 Å². The van der Waals surface area contributed by atoms with Gasteiger partial charge in [-0.05, 0) is 92.7 Å². The summed E-state index contributed by atoms with van der Waals surface area (Å²) in [5.74, 6) is 0.725. The molecule has 2 heterocycles. The van der Waals surface area contributed by atoms with Crippen LogP contribution in [0.4, 0.5) is 17.1 Å². The van der Waals surface area contributed by atoms with Crippen molar-refractivity contribution in [3.63, 3.8) is 0 Å². The van der Waals surface area contributed by atoms with Crippen LogP contribution < -0.4 is 4.90 Å². The van der Waals surface area contributed by atoms with E-state index in [1.807, 2.05) is 6.07 Å². The van der Waals surface area contributed by atoms with Crippen molar-refractivity contribution in [2.24, 2.45) is 0 Å². The molecule has 0 atom stereocenters. The summed E-state index contributed by atoms with van der Waals surface area (Å²) < 4.78 is 0. The Hall–Kier alpha value is -6.84. The van der Waals surface area contributed by atoms with Crippen molar-refractivity contribution in [1.29, 1.82) is 0 Å². The maximum absolute atomic E-state index is 5.27. The summed E-state index contributed by atoms with van der Waals surface area (Å²) in [5.41, 5.74) is 14.5.